The molecule has 0 heterocycles. The average Bonchev–Trinajstić information content (AvgIpc) is 2.41. The van der Waals surface area contributed by atoms with Crippen LogP contribution in [0.3, 0.4) is 0 Å². The average molecular weight is 282 g/mol. The first kappa shape index (κ1) is 15.7. The van der Waals surface area contributed by atoms with Crippen molar-refractivity contribution in [3.63, 3.8) is 0 Å². The Hall–Kier alpha value is -1.32. The summed E-state index contributed by atoms with van der Waals surface area (Å²) < 4.78 is 4.67. The second-order valence-corrected chi connectivity index (χ2v) is 4.75. The second-order valence-electron chi connectivity index (χ2n) is 4.75. The number of rotatable bonds is 2. The number of halogens is 1. The van der Waals surface area contributed by atoms with Crippen molar-refractivity contribution in [2.45, 2.75) is 31.7 Å². The molecule has 2 N–H and O–H groups in total. The van der Waals surface area contributed by atoms with Crippen molar-refractivity contribution in [3.8, 4) is 0 Å². The number of hydrogen-bond acceptors (Lipinski definition) is 3. The van der Waals surface area contributed by atoms with E-state index in [1.807, 2.05) is 12.1 Å². The summed E-state index contributed by atoms with van der Waals surface area (Å²) in [7, 11) is 1.39. The Balaban J connectivity index is 0.00000180. The summed E-state index contributed by atoms with van der Waals surface area (Å²) in [4.78, 5) is 11.3. The minimum Gasteiger partial charge on any atom is -0.465 e. The summed E-state index contributed by atoms with van der Waals surface area (Å²) in [5.41, 5.74) is 9.05. The molecule has 1 aliphatic rings. The molecule has 1 fully saturated rings. The zero-order valence-electron chi connectivity index (χ0n) is 11.1. The molecule has 0 radical (unpaired) electrons. The Labute approximate surface area is 120 Å². The van der Waals surface area contributed by atoms with Crippen molar-refractivity contribution in [2.75, 3.05) is 7.11 Å². The molecule has 0 atom stereocenters. The summed E-state index contributed by atoms with van der Waals surface area (Å²) in [5.74, 6) is -0.294. The first-order chi connectivity index (χ1) is 8.69. The monoisotopic (exact) mass is 281 g/mol. The van der Waals surface area contributed by atoms with Gasteiger partial charge in [-0.05, 0) is 43.4 Å². The highest BCUT2D eigenvalue weighted by Crippen LogP contribution is 2.24. The van der Waals surface area contributed by atoms with E-state index in [9.17, 15) is 4.79 Å². The van der Waals surface area contributed by atoms with Gasteiger partial charge in [-0.1, -0.05) is 23.8 Å². The van der Waals surface area contributed by atoms with E-state index >= 15 is 0 Å². The van der Waals surface area contributed by atoms with Gasteiger partial charge in [-0.2, -0.15) is 0 Å². The molecule has 0 aromatic heterocycles. The van der Waals surface area contributed by atoms with E-state index < -0.39 is 0 Å². The van der Waals surface area contributed by atoms with Gasteiger partial charge in [0.25, 0.3) is 0 Å². The van der Waals surface area contributed by atoms with Gasteiger partial charge >= 0.3 is 5.97 Å². The molecule has 19 heavy (non-hydrogen) atoms. The predicted octanol–water partition coefficient (Wildman–Crippen LogP) is 3.18. The molecule has 0 unspecified atom stereocenters. The van der Waals surface area contributed by atoms with Gasteiger partial charge in [0.2, 0.25) is 0 Å². The van der Waals surface area contributed by atoms with E-state index in [0.29, 0.717) is 11.6 Å². The molecule has 0 amide bonds. The number of benzene rings is 1. The maximum absolute atomic E-state index is 11.3. The number of methoxy groups -OCH3 is 1. The molecule has 0 saturated heterocycles. The first-order valence-corrected chi connectivity index (χ1v) is 6.32. The van der Waals surface area contributed by atoms with Crippen LogP contribution < -0.4 is 5.73 Å². The Morgan fingerprint density at radius 2 is 1.84 bits per heavy atom. The van der Waals surface area contributed by atoms with Crippen LogP contribution in [0.25, 0.3) is 6.08 Å². The van der Waals surface area contributed by atoms with Crippen LogP contribution in [0.15, 0.2) is 29.8 Å². The number of esters is 1. The van der Waals surface area contributed by atoms with Crippen molar-refractivity contribution < 1.29 is 9.53 Å². The van der Waals surface area contributed by atoms with Crippen LogP contribution in [-0.4, -0.2) is 19.1 Å². The third kappa shape index (κ3) is 4.37. The van der Waals surface area contributed by atoms with Crippen LogP contribution >= 0.6 is 12.4 Å². The smallest absolute Gasteiger partial charge is 0.337 e. The lowest BCUT2D eigenvalue weighted by Gasteiger charge is -2.20. The Morgan fingerprint density at radius 1 is 1.26 bits per heavy atom. The number of nitrogens with two attached hydrogens (primary N) is 1. The molecular formula is C15H20ClNO2. The van der Waals surface area contributed by atoms with E-state index in [1.165, 1.54) is 12.7 Å². The molecule has 0 spiro atoms. The van der Waals surface area contributed by atoms with Crippen molar-refractivity contribution in [1.82, 2.24) is 0 Å². The van der Waals surface area contributed by atoms with Gasteiger partial charge in [0.05, 0.1) is 12.7 Å². The van der Waals surface area contributed by atoms with E-state index in [4.69, 9.17) is 5.73 Å². The molecule has 0 aliphatic heterocycles. The topological polar surface area (TPSA) is 52.3 Å². The lowest BCUT2D eigenvalue weighted by Crippen LogP contribution is -2.23. The number of allylic oxidation sites excluding steroid dienone is 1. The predicted molar refractivity (Wildman–Crippen MR) is 79.4 cm³/mol. The largest absolute Gasteiger partial charge is 0.465 e. The molecule has 1 aromatic rings. The number of carbonyl (C=O) groups excluding carboxylic acids is 1. The highest BCUT2D eigenvalue weighted by molar-refractivity contribution is 5.89. The Morgan fingerprint density at radius 3 is 2.37 bits per heavy atom. The highest BCUT2D eigenvalue weighted by atomic mass is 35.5. The first-order valence-electron chi connectivity index (χ1n) is 6.32. The Bertz CT molecular complexity index is 444. The van der Waals surface area contributed by atoms with Crippen LogP contribution in [0.5, 0.6) is 0 Å². The zero-order valence-corrected chi connectivity index (χ0v) is 11.9. The summed E-state index contributed by atoms with van der Waals surface area (Å²) in [6.07, 6.45) is 6.52. The molecule has 4 heteroatoms. The van der Waals surface area contributed by atoms with Crippen LogP contribution in [0.4, 0.5) is 0 Å². The minimum atomic E-state index is -0.294. The molecule has 0 bridgehead atoms. The summed E-state index contributed by atoms with van der Waals surface area (Å²) in [6, 6.07) is 7.87. The summed E-state index contributed by atoms with van der Waals surface area (Å²) in [6.45, 7) is 0. The summed E-state index contributed by atoms with van der Waals surface area (Å²) >= 11 is 0. The van der Waals surface area contributed by atoms with Gasteiger partial charge < -0.3 is 10.5 Å². The maximum atomic E-state index is 11.3. The van der Waals surface area contributed by atoms with Gasteiger partial charge in [-0.25, -0.2) is 4.79 Å². The third-order valence-electron chi connectivity index (χ3n) is 3.38. The van der Waals surface area contributed by atoms with Crippen molar-refractivity contribution in [3.05, 3.63) is 41.0 Å². The normalized spacial score (nSPS) is 18.4. The second kappa shape index (κ2) is 7.31. The Kier molecular flexibility index (Phi) is 6.06. The quantitative estimate of drug-likeness (QED) is 0.847. The van der Waals surface area contributed by atoms with E-state index in [2.05, 4.69) is 10.8 Å². The van der Waals surface area contributed by atoms with Crippen LogP contribution in [0.2, 0.25) is 0 Å². The molecule has 3 nitrogen and oxygen atoms in total. The van der Waals surface area contributed by atoms with E-state index in [1.54, 1.807) is 12.1 Å². The van der Waals surface area contributed by atoms with Gasteiger partial charge in [-0.3, -0.25) is 0 Å². The van der Waals surface area contributed by atoms with Gasteiger partial charge in [0.1, 0.15) is 0 Å². The number of hydrogen-bond donors (Lipinski definition) is 1. The van der Waals surface area contributed by atoms with Crippen LogP contribution in [0.1, 0.15) is 41.6 Å². The van der Waals surface area contributed by atoms with E-state index in [0.717, 1.165) is 31.2 Å². The van der Waals surface area contributed by atoms with Crippen molar-refractivity contribution >= 4 is 24.5 Å². The summed E-state index contributed by atoms with van der Waals surface area (Å²) in [5, 5.41) is 0. The lowest BCUT2D eigenvalue weighted by molar-refractivity contribution is 0.0601. The van der Waals surface area contributed by atoms with Crippen LogP contribution in [0, 0.1) is 0 Å². The van der Waals surface area contributed by atoms with Gasteiger partial charge in [0, 0.05) is 6.04 Å². The SMILES string of the molecule is COC(=O)c1ccc(C=C2CCC(N)CC2)cc1.Cl. The van der Waals surface area contributed by atoms with Crippen molar-refractivity contribution in [1.29, 1.82) is 0 Å². The molecule has 1 aliphatic carbocycles. The van der Waals surface area contributed by atoms with E-state index in [-0.39, 0.29) is 18.4 Å². The fourth-order valence-corrected chi connectivity index (χ4v) is 2.22. The van der Waals surface area contributed by atoms with Crippen LogP contribution in [-0.2, 0) is 4.74 Å². The third-order valence-corrected chi connectivity index (χ3v) is 3.38. The maximum Gasteiger partial charge on any atom is 0.337 e. The number of ether oxygens (including phenoxy) is 1. The molecule has 1 saturated carbocycles. The fraction of sp³-hybridized carbons (Fsp3) is 0.400. The van der Waals surface area contributed by atoms with Gasteiger partial charge in [-0.15, -0.1) is 12.4 Å². The van der Waals surface area contributed by atoms with Gasteiger partial charge in [0.15, 0.2) is 0 Å². The molecule has 104 valence electrons. The molecule has 1 aromatic carbocycles. The minimum absolute atomic E-state index is 0. The lowest BCUT2D eigenvalue weighted by atomic mass is 9.90. The van der Waals surface area contributed by atoms with Crippen molar-refractivity contribution in [2.24, 2.45) is 5.73 Å². The zero-order chi connectivity index (χ0) is 13.0. The molecule has 2 rings (SSSR count). The highest BCUT2D eigenvalue weighted by Gasteiger charge is 2.12. The fourth-order valence-electron chi connectivity index (χ4n) is 2.22. The molecular weight excluding hydrogens is 262 g/mol. The standard InChI is InChI=1S/C15H19NO2.ClH/c1-18-15(17)13-6-2-11(3-7-13)10-12-4-8-14(16)9-5-12;/h2-3,6-7,10,14H,4-5,8-9,16H2,1H3;1H. The number of carbonyl (C=O) groups is 1.